The molecule has 0 aliphatic carbocycles. The number of aliphatic carboxylic acids is 1. The first-order chi connectivity index (χ1) is 11.5. The van der Waals surface area contributed by atoms with E-state index < -0.39 is 5.97 Å². The number of carbonyl (C=O) groups excluding carboxylic acids is 1. The van der Waals surface area contributed by atoms with Crippen molar-refractivity contribution in [1.82, 2.24) is 15.5 Å². The summed E-state index contributed by atoms with van der Waals surface area (Å²) in [5.74, 6) is -1.58. The number of carboxylic acid groups (broad SMARTS) is 1. The third-order valence-electron chi connectivity index (χ3n) is 3.65. The van der Waals surface area contributed by atoms with E-state index in [0.717, 1.165) is 24.1 Å². The number of aromatic amines is 1. The topological polar surface area (TPSA) is 95.1 Å². The lowest BCUT2D eigenvalue weighted by Crippen LogP contribution is -2.29. The Morgan fingerprint density at radius 3 is 2.67 bits per heavy atom. The maximum atomic E-state index is 12.2. The summed E-state index contributed by atoms with van der Waals surface area (Å²) < 4.78 is 0. The summed E-state index contributed by atoms with van der Waals surface area (Å²) >= 11 is 5.86. The predicted molar refractivity (Wildman–Crippen MR) is 91.4 cm³/mol. The smallest absolute Gasteiger partial charge is 0.304 e. The van der Waals surface area contributed by atoms with Gasteiger partial charge < -0.3 is 10.4 Å². The van der Waals surface area contributed by atoms with Crippen molar-refractivity contribution >= 4 is 23.5 Å². The molecular formula is C17H20ClN3O3. The van der Waals surface area contributed by atoms with Crippen molar-refractivity contribution in [3.8, 4) is 0 Å². The summed E-state index contributed by atoms with van der Waals surface area (Å²) in [7, 11) is 0. The number of aromatic nitrogens is 2. The van der Waals surface area contributed by atoms with Gasteiger partial charge in [0.1, 0.15) is 5.69 Å². The van der Waals surface area contributed by atoms with Crippen LogP contribution in [0.2, 0.25) is 5.02 Å². The van der Waals surface area contributed by atoms with Crippen LogP contribution >= 0.6 is 11.6 Å². The van der Waals surface area contributed by atoms with Gasteiger partial charge in [0, 0.05) is 23.2 Å². The maximum Gasteiger partial charge on any atom is 0.304 e. The van der Waals surface area contributed by atoms with Crippen molar-refractivity contribution in [2.24, 2.45) is 0 Å². The van der Waals surface area contributed by atoms with E-state index >= 15 is 0 Å². The van der Waals surface area contributed by atoms with Crippen LogP contribution in [0, 0.1) is 0 Å². The minimum atomic E-state index is -0.922. The Labute approximate surface area is 145 Å². The zero-order chi connectivity index (χ0) is 17.5. The first-order valence-corrected chi connectivity index (χ1v) is 8.17. The van der Waals surface area contributed by atoms with Crippen LogP contribution in [0.25, 0.3) is 0 Å². The Balaban J connectivity index is 2.02. The lowest BCUT2D eigenvalue weighted by molar-refractivity contribution is -0.137. The molecule has 0 unspecified atom stereocenters. The number of amides is 1. The molecule has 0 aliphatic heterocycles. The molecule has 0 saturated carbocycles. The van der Waals surface area contributed by atoms with Gasteiger partial charge in [-0.1, -0.05) is 37.1 Å². The molecule has 128 valence electrons. The Hall–Kier alpha value is -2.34. The number of halogens is 1. The first-order valence-electron chi connectivity index (χ1n) is 7.79. The fourth-order valence-electron chi connectivity index (χ4n) is 2.44. The van der Waals surface area contributed by atoms with E-state index in [4.69, 9.17) is 16.7 Å². The monoisotopic (exact) mass is 349 g/mol. The summed E-state index contributed by atoms with van der Waals surface area (Å²) in [6.07, 6.45) is 1.71. The average Bonchev–Trinajstić information content (AvgIpc) is 3.01. The molecule has 2 aromatic rings. The Morgan fingerprint density at radius 1 is 1.33 bits per heavy atom. The van der Waals surface area contributed by atoms with Gasteiger partial charge in [0.2, 0.25) is 0 Å². The van der Waals surface area contributed by atoms with Crippen LogP contribution in [0.15, 0.2) is 30.3 Å². The highest BCUT2D eigenvalue weighted by atomic mass is 35.5. The molecule has 1 aromatic heterocycles. The molecule has 0 spiro atoms. The van der Waals surface area contributed by atoms with E-state index in [1.165, 1.54) is 0 Å². The summed E-state index contributed by atoms with van der Waals surface area (Å²) in [6, 6.07) is 8.68. The molecule has 0 bridgehead atoms. The zero-order valence-electron chi connectivity index (χ0n) is 13.4. The van der Waals surface area contributed by atoms with E-state index in [-0.39, 0.29) is 24.8 Å². The number of nitrogens with zero attached hydrogens (tertiary/aromatic N) is 1. The zero-order valence-corrected chi connectivity index (χ0v) is 14.1. The number of carbonyl (C=O) groups is 2. The Bertz CT molecular complexity index is 697. The molecule has 0 fully saturated rings. The number of aryl methyl sites for hydroxylation is 1. The second kappa shape index (κ2) is 8.49. The number of hydrogen-bond donors (Lipinski definition) is 3. The second-order valence-corrected chi connectivity index (χ2v) is 6.02. The third-order valence-corrected chi connectivity index (χ3v) is 3.91. The van der Waals surface area contributed by atoms with Gasteiger partial charge >= 0.3 is 5.97 Å². The highest BCUT2D eigenvalue weighted by molar-refractivity contribution is 6.30. The molecular weight excluding hydrogens is 330 g/mol. The molecule has 2 rings (SSSR count). The summed E-state index contributed by atoms with van der Waals surface area (Å²) in [5, 5.41) is 19.2. The molecule has 1 heterocycles. The van der Waals surface area contributed by atoms with Crippen LogP contribution in [-0.2, 0) is 11.2 Å². The molecule has 0 radical (unpaired) electrons. The molecule has 1 atom stereocenters. The molecule has 0 aliphatic rings. The summed E-state index contributed by atoms with van der Waals surface area (Å²) in [4.78, 5) is 23.3. The van der Waals surface area contributed by atoms with E-state index in [2.05, 4.69) is 15.5 Å². The molecule has 1 amide bonds. The number of rotatable bonds is 8. The number of hydrogen-bond acceptors (Lipinski definition) is 3. The van der Waals surface area contributed by atoms with Gasteiger partial charge in [-0.3, -0.25) is 14.7 Å². The normalized spacial score (nSPS) is 11.9. The molecule has 0 saturated heterocycles. The van der Waals surface area contributed by atoms with Crippen LogP contribution < -0.4 is 5.32 Å². The van der Waals surface area contributed by atoms with Crippen molar-refractivity contribution in [3.63, 3.8) is 0 Å². The van der Waals surface area contributed by atoms with Gasteiger partial charge in [-0.25, -0.2) is 0 Å². The molecule has 6 nitrogen and oxygen atoms in total. The van der Waals surface area contributed by atoms with Crippen molar-refractivity contribution in [1.29, 1.82) is 0 Å². The van der Waals surface area contributed by atoms with E-state index in [1.807, 2.05) is 6.92 Å². The molecule has 7 heteroatoms. The Morgan fingerprint density at radius 2 is 2.04 bits per heavy atom. The van der Waals surface area contributed by atoms with Crippen molar-refractivity contribution < 1.29 is 14.7 Å². The van der Waals surface area contributed by atoms with Gasteiger partial charge in [0.15, 0.2) is 0 Å². The maximum absolute atomic E-state index is 12.2. The SMILES string of the molecule is CCCc1cc(C(=O)NC[C@H](CC(=O)O)c2ccc(Cl)cc2)n[nH]1. The summed E-state index contributed by atoms with van der Waals surface area (Å²) in [6.45, 7) is 2.26. The predicted octanol–water partition coefficient (Wildman–Crippen LogP) is 3.00. The first kappa shape index (κ1) is 18.0. The van der Waals surface area contributed by atoms with Crippen LogP contribution in [-0.4, -0.2) is 33.7 Å². The van der Waals surface area contributed by atoms with Crippen molar-refractivity contribution in [3.05, 3.63) is 52.3 Å². The van der Waals surface area contributed by atoms with Crippen molar-refractivity contribution in [2.75, 3.05) is 6.54 Å². The minimum Gasteiger partial charge on any atom is -0.481 e. The van der Waals surface area contributed by atoms with Gasteiger partial charge in [-0.05, 0) is 30.2 Å². The quantitative estimate of drug-likeness (QED) is 0.682. The Kier molecular flexibility index (Phi) is 6.37. The lowest BCUT2D eigenvalue weighted by atomic mass is 9.95. The average molecular weight is 350 g/mol. The number of carboxylic acids is 1. The number of nitrogens with one attached hydrogen (secondary N) is 2. The molecule has 3 N–H and O–H groups in total. The van der Waals surface area contributed by atoms with Gasteiger partial charge in [-0.2, -0.15) is 5.10 Å². The molecule has 1 aromatic carbocycles. The van der Waals surface area contributed by atoms with Gasteiger partial charge in [0.25, 0.3) is 5.91 Å². The van der Waals surface area contributed by atoms with E-state index in [0.29, 0.717) is 10.7 Å². The fraction of sp³-hybridized carbons (Fsp3) is 0.353. The van der Waals surface area contributed by atoms with Crippen LogP contribution in [0.4, 0.5) is 0 Å². The van der Waals surface area contributed by atoms with E-state index in [1.54, 1.807) is 30.3 Å². The van der Waals surface area contributed by atoms with E-state index in [9.17, 15) is 9.59 Å². The van der Waals surface area contributed by atoms with Crippen LogP contribution in [0.1, 0.15) is 47.4 Å². The lowest BCUT2D eigenvalue weighted by Gasteiger charge is -2.16. The van der Waals surface area contributed by atoms with Gasteiger partial charge in [0.05, 0.1) is 6.42 Å². The largest absolute Gasteiger partial charge is 0.481 e. The highest BCUT2D eigenvalue weighted by Gasteiger charge is 2.18. The highest BCUT2D eigenvalue weighted by Crippen LogP contribution is 2.21. The molecule has 24 heavy (non-hydrogen) atoms. The summed E-state index contributed by atoms with van der Waals surface area (Å²) in [5.41, 5.74) is 2.03. The standard InChI is InChI=1S/C17H20ClN3O3/c1-2-3-14-9-15(21-20-14)17(24)19-10-12(8-16(22)23)11-4-6-13(18)7-5-11/h4-7,9,12H,2-3,8,10H2,1H3,(H,19,24)(H,20,21)(H,22,23)/t12-/m0/s1. The van der Waals surface area contributed by atoms with Crippen LogP contribution in [0.3, 0.4) is 0 Å². The third kappa shape index (κ3) is 5.09. The van der Waals surface area contributed by atoms with Gasteiger partial charge in [-0.15, -0.1) is 0 Å². The van der Waals surface area contributed by atoms with Crippen LogP contribution in [0.5, 0.6) is 0 Å². The van der Waals surface area contributed by atoms with Crippen molar-refractivity contribution in [2.45, 2.75) is 32.1 Å². The fourth-order valence-corrected chi connectivity index (χ4v) is 2.56. The number of H-pyrrole nitrogens is 1. The minimum absolute atomic E-state index is 0.0798. The number of benzene rings is 1. The second-order valence-electron chi connectivity index (χ2n) is 5.58.